The van der Waals surface area contributed by atoms with E-state index < -0.39 is 17.6 Å². The Bertz CT molecular complexity index is 1650. The van der Waals surface area contributed by atoms with Crippen molar-refractivity contribution >= 4 is 67.6 Å². The maximum absolute atomic E-state index is 13.2. The van der Waals surface area contributed by atoms with Crippen LogP contribution in [0.1, 0.15) is 11.1 Å². The highest BCUT2D eigenvalue weighted by atomic mass is 32.2. The molecular formula is C27H18F3N3O2S2. The number of aliphatic imine (C=N–C) groups is 1. The standard InChI is InChI=1S/C27H18F3N3O2S2/c28-27(29,30)20-7-3-4-8-21(20)32-25(35)15-36-26-33-22-11-10-17(13-24(22)37-26)31-14-19-18-6-2-1-5-16(18)9-12-23(19)34/h1-14,34H,15H2,(H,32,35). The van der Waals surface area contributed by atoms with Gasteiger partial charge in [-0.2, -0.15) is 13.2 Å². The van der Waals surface area contributed by atoms with Gasteiger partial charge in [-0.15, -0.1) is 11.3 Å². The molecule has 0 spiro atoms. The van der Waals surface area contributed by atoms with Crippen LogP contribution >= 0.6 is 23.1 Å². The van der Waals surface area contributed by atoms with Gasteiger partial charge in [0.15, 0.2) is 4.34 Å². The van der Waals surface area contributed by atoms with E-state index >= 15 is 0 Å². The number of amides is 1. The molecule has 0 atom stereocenters. The van der Waals surface area contributed by atoms with Crippen molar-refractivity contribution in [2.24, 2.45) is 4.99 Å². The van der Waals surface area contributed by atoms with Gasteiger partial charge in [0.05, 0.1) is 32.9 Å². The van der Waals surface area contributed by atoms with Crippen LogP contribution in [0.5, 0.6) is 5.75 Å². The molecule has 0 unspecified atom stereocenters. The number of para-hydroxylation sites is 1. The molecule has 0 radical (unpaired) electrons. The number of rotatable bonds is 6. The molecule has 0 aliphatic heterocycles. The number of hydrogen-bond donors (Lipinski definition) is 2. The summed E-state index contributed by atoms with van der Waals surface area (Å²) in [4.78, 5) is 21.3. The molecule has 1 aromatic heterocycles. The summed E-state index contributed by atoms with van der Waals surface area (Å²) in [6, 6.07) is 21.5. The molecule has 0 saturated heterocycles. The predicted molar refractivity (Wildman–Crippen MR) is 143 cm³/mol. The minimum atomic E-state index is -4.56. The smallest absolute Gasteiger partial charge is 0.418 e. The molecule has 10 heteroatoms. The van der Waals surface area contributed by atoms with Crippen LogP contribution in [0.25, 0.3) is 21.0 Å². The number of benzene rings is 4. The summed E-state index contributed by atoms with van der Waals surface area (Å²) >= 11 is 2.51. The van der Waals surface area contributed by atoms with E-state index in [0.717, 1.165) is 38.8 Å². The second kappa shape index (κ2) is 10.2. The van der Waals surface area contributed by atoms with Crippen molar-refractivity contribution in [3.8, 4) is 5.75 Å². The molecule has 37 heavy (non-hydrogen) atoms. The molecule has 0 aliphatic carbocycles. The second-order valence-electron chi connectivity index (χ2n) is 7.99. The number of halogens is 3. The third kappa shape index (κ3) is 5.60. The van der Waals surface area contributed by atoms with E-state index in [9.17, 15) is 23.1 Å². The van der Waals surface area contributed by atoms with E-state index in [0.29, 0.717) is 15.6 Å². The van der Waals surface area contributed by atoms with Crippen LogP contribution < -0.4 is 5.32 Å². The fourth-order valence-corrected chi connectivity index (χ4v) is 5.65. The first-order chi connectivity index (χ1) is 17.8. The number of phenols is 1. The highest BCUT2D eigenvalue weighted by Crippen LogP contribution is 2.35. The van der Waals surface area contributed by atoms with Crippen molar-refractivity contribution in [3.05, 3.63) is 90.0 Å². The van der Waals surface area contributed by atoms with Crippen LogP contribution in [0.4, 0.5) is 24.5 Å². The second-order valence-corrected chi connectivity index (χ2v) is 10.2. The SMILES string of the molecule is O=C(CSc1nc2ccc(N=Cc3c(O)ccc4ccccc34)cc2s1)Nc1ccccc1C(F)(F)F. The van der Waals surface area contributed by atoms with E-state index in [1.165, 1.54) is 29.5 Å². The Kier molecular flexibility index (Phi) is 6.86. The Morgan fingerprint density at radius 2 is 1.84 bits per heavy atom. The average molecular weight is 538 g/mol. The molecule has 0 fully saturated rings. The molecule has 0 aliphatic rings. The van der Waals surface area contributed by atoms with Gasteiger partial charge < -0.3 is 10.4 Å². The molecule has 0 saturated carbocycles. The highest BCUT2D eigenvalue weighted by Gasteiger charge is 2.33. The molecule has 186 valence electrons. The van der Waals surface area contributed by atoms with Crippen molar-refractivity contribution < 1.29 is 23.1 Å². The van der Waals surface area contributed by atoms with Crippen molar-refractivity contribution in [2.75, 3.05) is 11.1 Å². The number of thioether (sulfide) groups is 1. The summed E-state index contributed by atoms with van der Waals surface area (Å²) in [5, 5.41) is 14.5. The first kappa shape index (κ1) is 24.8. The van der Waals surface area contributed by atoms with Gasteiger partial charge in [0.2, 0.25) is 5.91 Å². The van der Waals surface area contributed by atoms with Crippen molar-refractivity contribution in [1.82, 2.24) is 4.98 Å². The quantitative estimate of drug-likeness (QED) is 0.172. The zero-order valence-corrected chi connectivity index (χ0v) is 20.6. The van der Waals surface area contributed by atoms with Crippen molar-refractivity contribution in [2.45, 2.75) is 10.5 Å². The monoisotopic (exact) mass is 537 g/mol. The van der Waals surface area contributed by atoms with Gasteiger partial charge in [0.25, 0.3) is 0 Å². The molecule has 1 amide bonds. The van der Waals surface area contributed by atoms with E-state index in [1.54, 1.807) is 18.3 Å². The first-order valence-electron chi connectivity index (χ1n) is 11.0. The van der Waals surface area contributed by atoms with Crippen LogP contribution in [0.2, 0.25) is 0 Å². The number of anilines is 1. The Hall–Kier alpha value is -3.89. The van der Waals surface area contributed by atoms with Crippen LogP contribution in [0.3, 0.4) is 0 Å². The minimum Gasteiger partial charge on any atom is -0.507 e. The summed E-state index contributed by atoms with van der Waals surface area (Å²) in [6.45, 7) is 0. The molecule has 2 N–H and O–H groups in total. The van der Waals surface area contributed by atoms with Crippen LogP contribution in [0, 0.1) is 0 Å². The molecule has 5 nitrogen and oxygen atoms in total. The third-order valence-electron chi connectivity index (χ3n) is 5.48. The van der Waals surface area contributed by atoms with E-state index in [1.807, 2.05) is 42.5 Å². The summed E-state index contributed by atoms with van der Waals surface area (Å²) in [7, 11) is 0. The number of hydrogen-bond acceptors (Lipinski definition) is 6. The highest BCUT2D eigenvalue weighted by molar-refractivity contribution is 8.01. The summed E-state index contributed by atoms with van der Waals surface area (Å²) in [5.74, 6) is -0.505. The van der Waals surface area contributed by atoms with Gasteiger partial charge in [-0.25, -0.2) is 4.98 Å². The molecular weight excluding hydrogens is 519 g/mol. The first-order valence-corrected chi connectivity index (χ1v) is 12.8. The average Bonchev–Trinajstić information content (AvgIpc) is 3.29. The van der Waals surface area contributed by atoms with Crippen LogP contribution in [-0.4, -0.2) is 28.0 Å². The largest absolute Gasteiger partial charge is 0.507 e. The zero-order chi connectivity index (χ0) is 26.0. The molecule has 5 aromatic rings. The van der Waals surface area contributed by atoms with Gasteiger partial charge in [0, 0.05) is 11.8 Å². The summed E-state index contributed by atoms with van der Waals surface area (Å²) in [5.41, 5.74) is 0.851. The number of phenolic OH excluding ortho intramolecular Hbond substituents is 1. The Balaban J connectivity index is 1.29. The Morgan fingerprint density at radius 3 is 2.68 bits per heavy atom. The lowest BCUT2D eigenvalue weighted by atomic mass is 10.0. The van der Waals surface area contributed by atoms with Crippen LogP contribution in [0.15, 0.2) is 88.2 Å². The van der Waals surface area contributed by atoms with E-state index in [4.69, 9.17) is 0 Å². The maximum atomic E-state index is 13.2. The number of aromatic hydroxyl groups is 1. The fraction of sp³-hybridized carbons (Fsp3) is 0.0741. The number of nitrogens with zero attached hydrogens (tertiary/aromatic N) is 2. The number of alkyl halides is 3. The fourth-order valence-electron chi connectivity index (χ4n) is 3.75. The number of aromatic nitrogens is 1. The van der Waals surface area contributed by atoms with Gasteiger partial charge in [-0.05, 0) is 47.2 Å². The zero-order valence-electron chi connectivity index (χ0n) is 19.0. The van der Waals surface area contributed by atoms with Gasteiger partial charge in [-0.3, -0.25) is 9.79 Å². The topological polar surface area (TPSA) is 74.6 Å². The number of carbonyl (C=O) groups is 1. The molecule has 0 bridgehead atoms. The summed E-state index contributed by atoms with van der Waals surface area (Å²) in [6.07, 6.45) is -2.94. The predicted octanol–water partition coefficient (Wildman–Crippen LogP) is 7.66. The molecule has 5 rings (SSSR count). The van der Waals surface area contributed by atoms with Crippen LogP contribution in [-0.2, 0) is 11.0 Å². The number of thiazole rings is 1. The van der Waals surface area contributed by atoms with Gasteiger partial charge in [-0.1, -0.05) is 54.2 Å². The molecule has 1 heterocycles. The lowest BCUT2D eigenvalue weighted by Gasteiger charge is -2.13. The molecule has 4 aromatic carbocycles. The van der Waals surface area contributed by atoms with E-state index in [-0.39, 0.29) is 17.2 Å². The van der Waals surface area contributed by atoms with E-state index in [2.05, 4.69) is 15.3 Å². The maximum Gasteiger partial charge on any atom is 0.418 e. The lowest BCUT2D eigenvalue weighted by Crippen LogP contribution is -2.18. The summed E-state index contributed by atoms with van der Waals surface area (Å²) < 4.78 is 40.9. The lowest BCUT2D eigenvalue weighted by molar-refractivity contribution is -0.137. The normalized spacial score (nSPS) is 12.0. The van der Waals surface area contributed by atoms with Crippen molar-refractivity contribution in [3.63, 3.8) is 0 Å². The number of nitrogens with one attached hydrogen (secondary N) is 1. The number of fused-ring (bicyclic) bond motifs is 2. The Labute approximate surface area is 217 Å². The Morgan fingerprint density at radius 1 is 1.05 bits per heavy atom. The number of carbonyl (C=O) groups excluding carboxylic acids is 1. The van der Waals surface area contributed by atoms with Gasteiger partial charge in [0.1, 0.15) is 5.75 Å². The van der Waals surface area contributed by atoms with Crippen molar-refractivity contribution in [1.29, 1.82) is 0 Å². The van der Waals surface area contributed by atoms with Gasteiger partial charge >= 0.3 is 6.18 Å². The third-order valence-corrected chi connectivity index (χ3v) is 7.64. The minimum absolute atomic E-state index is 0.0859.